The van der Waals surface area contributed by atoms with Crippen LogP contribution in [0, 0.1) is 0 Å². The zero-order valence-electron chi connectivity index (χ0n) is 8.96. The van der Waals surface area contributed by atoms with E-state index in [2.05, 4.69) is 5.32 Å². The van der Waals surface area contributed by atoms with Gasteiger partial charge in [-0.3, -0.25) is 9.59 Å². The molecule has 0 saturated carbocycles. The van der Waals surface area contributed by atoms with E-state index in [1.807, 2.05) is 0 Å². The standard InChI is InChI=1S/C9H17NO4/c1-9(2,3)14-8(13)6(10-4)5-7(11)12/h6,10H,5H2,1-4H3,(H,11,12). The van der Waals surface area contributed by atoms with Gasteiger partial charge in [0.05, 0.1) is 6.42 Å². The maximum absolute atomic E-state index is 11.4. The Morgan fingerprint density at radius 2 is 1.93 bits per heavy atom. The summed E-state index contributed by atoms with van der Waals surface area (Å²) in [4.78, 5) is 21.8. The summed E-state index contributed by atoms with van der Waals surface area (Å²) < 4.78 is 5.03. The first-order valence-electron chi connectivity index (χ1n) is 4.38. The van der Waals surface area contributed by atoms with E-state index in [1.165, 1.54) is 7.05 Å². The van der Waals surface area contributed by atoms with Crippen LogP contribution in [0.15, 0.2) is 0 Å². The maximum atomic E-state index is 11.4. The van der Waals surface area contributed by atoms with E-state index in [0.29, 0.717) is 0 Å². The fourth-order valence-electron chi connectivity index (χ4n) is 0.851. The largest absolute Gasteiger partial charge is 0.481 e. The van der Waals surface area contributed by atoms with Crippen LogP contribution in [0.5, 0.6) is 0 Å². The van der Waals surface area contributed by atoms with Crippen molar-refractivity contribution in [1.82, 2.24) is 5.32 Å². The molecule has 0 bridgehead atoms. The van der Waals surface area contributed by atoms with Crippen LogP contribution in [0.2, 0.25) is 0 Å². The van der Waals surface area contributed by atoms with Crippen molar-refractivity contribution in [2.45, 2.75) is 38.8 Å². The zero-order valence-corrected chi connectivity index (χ0v) is 8.96. The van der Waals surface area contributed by atoms with E-state index >= 15 is 0 Å². The number of hydrogen-bond acceptors (Lipinski definition) is 4. The first-order chi connectivity index (χ1) is 6.26. The van der Waals surface area contributed by atoms with Crippen LogP contribution in [0.3, 0.4) is 0 Å². The minimum Gasteiger partial charge on any atom is -0.481 e. The Morgan fingerprint density at radius 1 is 1.43 bits per heavy atom. The highest BCUT2D eigenvalue weighted by Gasteiger charge is 2.25. The number of carbonyl (C=O) groups excluding carboxylic acids is 1. The highest BCUT2D eigenvalue weighted by Crippen LogP contribution is 2.09. The molecule has 0 heterocycles. The van der Waals surface area contributed by atoms with E-state index in [1.54, 1.807) is 20.8 Å². The molecule has 14 heavy (non-hydrogen) atoms. The first-order valence-corrected chi connectivity index (χ1v) is 4.38. The number of ether oxygens (including phenoxy) is 1. The summed E-state index contributed by atoms with van der Waals surface area (Å²) in [7, 11) is 1.53. The Labute approximate surface area is 83.4 Å². The lowest BCUT2D eigenvalue weighted by atomic mass is 10.1. The lowest BCUT2D eigenvalue weighted by Crippen LogP contribution is -2.40. The Morgan fingerprint density at radius 3 is 2.21 bits per heavy atom. The van der Waals surface area contributed by atoms with Crippen molar-refractivity contribution in [1.29, 1.82) is 0 Å². The third-order valence-corrected chi connectivity index (χ3v) is 1.42. The smallest absolute Gasteiger partial charge is 0.324 e. The Balaban J connectivity index is 4.25. The van der Waals surface area contributed by atoms with Gasteiger partial charge in [0.1, 0.15) is 11.6 Å². The molecule has 0 radical (unpaired) electrons. The molecule has 0 aliphatic heterocycles. The number of hydrogen-bond donors (Lipinski definition) is 2. The van der Waals surface area contributed by atoms with Crippen LogP contribution >= 0.6 is 0 Å². The molecule has 0 rings (SSSR count). The van der Waals surface area contributed by atoms with Gasteiger partial charge in [0.15, 0.2) is 0 Å². The SMILES string of the molecule is CNC(CC(=O)O)C(=O)OC(C)(C)C. The number of nitrogens with one attached hydrogen (secondary N) is 1. The van der Waals surface area contributed by atoms with Gasteiger partial charge >= 0.3 is 11.9 Å². The molecule has 5 nitrogen and oxygen atoms in total. The average Bonchev–Trinajstić information content (AvgIpc) is 1.96. The van der Waals surface area contributed by atoms with Crippen LogP contribution in [-0.2, 0) is 14.3 Å². The van der Waals surface area contributed by atoms with Crippen LogP contribution in [0.25, 0.3) is 0 Å². The first kappa shape index (κ1) is 12.9. The summed E-state index contributed by atoms with van der Waals surface area (Å²) in [5.41, 5.74) is -0.593. The number of esters is 1. The van der Waals surface area contributed by atoms with Crippen molar-refractivity contribution in [3.05, 3.63) is 0 Å². The molecule has 0 fully saturated rings. The predicted octanol–water partition coefficient (Wildman–Crippen LogP) is 0.391. The Kier molecular flexibility index (Phi) is 4.56. The van der Waals surface area contributed by atoms with Crippen molar-refractivity contribution < 1.29 is 19.4 Å². The summed E-state index contributed by atoms with van der Waals surface area (Å²) in [6, 6.07) is -0.785. The lowest BCUT2D eigenvalue weighted by molar-refractivity contribution is -0.159. The maximum Gasteiger partial charge on any atom is 0.324 e. The van der Waals surface area contributed by atoms with Crippen LogP contribution in [0.4, 0.5) is 0 Å². The van der Waals surface area contributed by atoms with E-state index in [4.69, 9.17) is 9.84 Å². The van der Waals surface area contributed by atoms with Crippen LogP contribution < -0.4 is 5.32 Å². The highest BCUT2D eigenvalue weighted by atomic mass is 16.6. The fourth-order valence-corrected chi connectivity index (χ4v) is 0.851. The topological polar surface area (TPSA) is 75.6 Å². The van der Waals surface area contributed by atoms with E-state index in [-0.39, 0.29) is 6.42 Å². The number of carbonyl (C=O) groups is 2. The predicted molar refractivity (Wildman–Crippen MR) is 50.9 cm³/mol. The van der Waals surface area contributed by atoms with Crippen LogP contribution in [0.1, 0.15) is 27.2 Å². The molecule has 0 aromatic heterocycles. The van der Waals surface area contributed by atoms with Crippen molar-refractivity contribution >= 4 is 11.9 Å². The van der Waals surface area contributed by atoms with Gasteiger partial charge < -0.3 is 15.2 Å². The van der Waals surface area contributed by atoms with Gasteiger partial charge in [0.2, 0.25) is 0 Å². The zero-order chi connectivity index (χ0) is 11.4. The number of rotatable bonds is 4. The molecule has 0 amide bonds. The molecule has 82 valence electrons. The van der Waals surface area contributed by atoms with Gasteiger partial charge in [-0.05, 0) is 27.8 Å². The second kappa shape index (κ2) is 4.95. The van der Waals surface area contributed by atoms with Crippen molar-refractivity contribution in [3.63, 3.8) is 0 Å². The number of likely N-dealkylation sites (N-methyl/N-ethyl adjacent to an activating group) is 1. The molecule has 0 aromatic carbocycles. The second-order valence-corrected chi connectivity index (χ2v) is 3.97. The Bertz CT molecular complexity index is 219. The van der Waals surface area contributed by atoms with E-state index < -0.39 is 23.6 Å². The van der Waals surface area contributed by atoms with Crippen LogP contribution in [-0.4, -0.2) is 35.7 Å². The number of carboxylic acid groups (broad SMARTS) is 1. The van der Waals surface area contributed by atoms with Gasteiger partial charge in [-0.25, -0.2) is 0 Å². The van der Waals surface area contributed by atoms with Crippen molar-refractivity contribution in [2.75, 3.05) is 7.05 Å². The van der Waals surface area contributed by atoms with Gasteiger partial charge in [0, 0.05) is 0 Å². The summed E-state index contributed by atoms with van der Waals surface area (Å²) in [5, 5.41) is 11.1. The van der Waals surface area contributed by atoms with Gasteiger partial charge in [-0.15, -0.1) is 0 Å². The normalized spacial score (nSPS) is 13.4. The minimum atomic E-state index is -1.03. The number of carboxylic acids is 1. The number of aliphatic carboxylic acids is 1. The molecule has 0 aromatic rings. The average molecular weight is 203 g/mol. The minimum absolute atomic E-state index is 0.272. The summed E-state index contributed by atoms with van der Waals surface area (Å²) in [6.07, 6.45) is -0.272. The van der Waals surface area contributed by atoms with Gasteiger partial charge in [-0.1, -0.05) is 0 Å². The molecule has 0 saturated heterocycles. The lowest BCUT2D eigenvalue weighted by Gasteiger charge is -2.22. The monoisotopic (exact) mass is 203 g/mol. The molecule has 1 unspecified atom stereocenters. The molecule has 5 heteroatoms. The van der Waals surface area contributed by atoms with Crippen molar-refractivity contribution in [2.24, 2.45) is 0 Å². The summed E-state index contributed by atoms with van der Waals surface area (Å²) in [6.45, 7) is 5.20. The molecule has 0 aliphatic carbocycles. The molecular formula is C9H17NO4. The molecule has 0 spiro atoms. The third-order valence-electron chi connectivity index (χ3n) is 1.42. The fraction of sp³-hybridized carbons (Fsp3) is 0.778. The molecule has 2 N–H and O–H groups in total. The molecular weight excluding hydrogens is 186 g/mol. The Hall–Kier alpha value is -1.10. The summed E-state index contributed by atoms with van der Waals surface area (Å²) in [5.74, 6) is -1.57. The molecule has 1 atom stereocenters. The van der Waals surface area contributed by atoms with E-state index in [9.17, 15) is 9.59 Å². The summed E-state index contributed by atoms with van der Waals surface area (Å²) >= 11 is 0. The second-order valence-electron chi connectivity index (χ2n) is 3.97. The van der Waals surface area contributed by atoms with Gasteiger partial charge in [0.25, 0.3) is 0 Å². The van der Waals surface area contributed by atoms with Gasteiger partial charge in [-0.2, -0.15) is 0 Å². The quantitative estimate of drug-likeness (QED) is 0.646. The third kappa shape index (κ3) is 5.53. The van der Waals surface area contributed by atoms with E-state index in [0.717, 1.165) is 0 Å². The van der Waals surface area contributed by atoms with Crippen molar-refractivity contribution in [3.8, 4) is 0 Å². The molecule has 0 aliphatic rings. The highest BCUT2D eigenvalue weighted by molar-refractivity contribution is 5.82.